The Hall–Kier alpha value is 0.987. The van der Waals surface area contributed by atoms with E-state index in [0.717, 1.165) is 0 Å². The van der Waals surface area contributed by atoms with Crippen molar-refractivity contribution in [3.05, 3.63) is 0 Å². The molecule has 0 amide bonds. The molecule has 0 heterocycles. The van der Waals surface area contributed by atoms with Crippen LogP contribution in [0.2, 0.25) is 19.1 Å². The molecule has 0 aliphatic rings. The van der Waals surface area contributed by atoms with Gasteiger partial charge in [0.15, 0.2) is 0 Å². The summed E-state index contributed by atoms with van der Waals surface area (Å²) < 4.78 is 0. The van der Waals surface area contributed by atoms with Gasteiger partial charge < -0.3 is 0 Å². The van der Waals surface area contributed by atoms with Crippen LogP contribution in [0.3, 0.4) is 0 Å². The van der Waals surface area contributed by atoms with Crippen molar-refractivity contribution in [1.82, 2.24) is 0 Å². The fourth-order valence-electron chi connectivity index (χ4n) is 2.94. The zero-order valence-electron chi connectivity index (χ0n) is 15.3. The Labute approximate surface area is 155 Å². The van der Waals surface area contributed by atoms with Crippen LogP contribution in [0.15, 0.2) is 0 Å². The predicted molar refractivity (Wildman–Crippen MR) is 111 cm³/mol. The normalized spacial score (nSPS) is 12.0. The molecule has 0 aliphatic heterocycles. The quantitative estimate of drug-likeness (QED) is 0.0971. The molecule has 22 heavy (non-hydrogen) atoms. The van der Waals surface area contributed by atoms with Gasteiger partial charge >= 0.3 is 0 Å². The lowest BCUT2D eigenvalue weighted by Gasteiger charge is -2.11. The molecular formula is C19H40BrClSi. The first-order chi connectivity index (χ1) is 10.6. The van der Waals surface area contributed by atoms with E-state index in [-0.39, 0.29) is 0 Å². The Morgan fingerprint density at radius 1 is 0.545 bits per heavy atom. The Morgan fingerprint density at radius 3 is 1.09 bits per heavy atom. The lowest BCUT2D eigenvalue weighted by atomic mass is 10.0. The molecule has 0 rings (SSSR count). The Bertz CT molecular complexity index is 216. The molecule has 0 aromatic rings. The van der Waals surface area contributed by atoms with Crippen LogP contribution in [0.25, 0.3) is 0 Å². The molecule has 0 saturated carbocycles. The van der Waals surface area contributed by atoms with Gasteiger partial charge in [-0.1, -0.05) is 119 Å². The maximum atomic E-state index is 6.34. The minimum atomic E-state index is -1.29. The largest absolute Gasteiger partial charge is 0.168 e. The average Bonchev–Trinajstić information content (AvgIpc) is 2.45. The standard InChI is InChI=1S/C19H40BrClSi/c1-22(2,21)19-17-15-13-11-9-7-5-3-4-6-8-10-12-14-16-18-20/h3-19H2,1-2H3. The highest BCUT2D eigenvalue weighted by molar-refractivity contribution is 9.09. The van der Waals surface area contributed by atoms with Crippen molar-refractivity contribution < 1.29 is 0 Å². The maximum Gasteiger partial charge on any atom is 0.150 e. The van der Waals surface area contributed by atoms with Gasteiger partial charge in [-0.3, -0.25) is 0 Å². The first-order valence-electron chi connectivity index (χ1n) is 9.81. The summed E-state index contributed by atoms with van der Waals surface area (Å²) in [5.41, 5.74) is 0. The Balaban J connectivity index is 3.00. The third-order valence-electron chi connectivity index (χ3n) is 4.40. The smallest absolute Gasteiger partial charge is 0.150 e. The molecule has 0 N–H and O–H groups in total. The SMILES string of the molecule is C[Si](C)(Cl)CCCCCCCCCCCCCCCCCBr. The highest BCUT2D eigenvalue weighted by atomic mass is 79.9. The van der Waals surface area contributed by atoms with Gasteiger partial charge in [-0.2, -0.15) is 11.1 Å². The van der Waals surface area contributed by atoms with Gasteiger partial charge in [0, 0.05) is 5.33 Å². The molecular weight excluding hydrogens is 372 g/mol. The van der Waals surface area contributed by atoms with Crippen molar-refractivity contribution >= 4 is 34.4 Å². The van der Waals surface area contributed by atoms with Gasteiger partial charge in [0.2, 0.25) is 0 Å². The number of halogens is 2. The predicted octanol–water partition coefficient (Wildman–Crippen LogP) is 8.68. The van der Waals surface area contributed by atoms with Gasteiger partial charge in [-0.15, -0.1) is 0 Å². The molecule has 0 radical (unpaired) electrons. The summed E-state index contributed by atoms with van der Waals surface area (Å²) in [5.74, 6) is 0. The molecule has 0 unspecified atom stereocenters. The number of hydrogen-bond donors (Lipinski definition) is 0. The van der Waals surface area contributed by atoms with Crippen LogP contribution in [-0.4, -0.2) is 12.7 Å². The maximum absolute atomic E-state index is 6.34. The summed E-state index contributed by atoms with van der Waals surface area (Å²) in [7, 11) is -1.29. The molecule has 0 saturated heterocycles. The van der Waals surface area contributed by atoms with Gasteiger partial charge in [-0.25, -0.2) is 0 Å². The van der Waals surface area contributed by atoms with Crippen LogP contribution in [0, 0.1) is 0 Å². The zero-order valence-corrected chi connectivity index (χ0v) is 18.6. The van der Waals surface area contributed by atoms with Gasteiger partial charge in [0.1, 0.15) is 7.38 Å². The molecule has 0 bridgehead atoms. The minimum absolute atomic E-state index is 1.18. The van der Waals surface area contributed by atoms with E-state index in [1.807, 2.05) is 0 Å². The second kappa shape index (κ2) is 16.8. The molecule has 0 aliphatic carbocycles. The van der Waals surface area contributed by atoms with Crippen LogP contribution in [-0.2, 0) is 0 Å². The monoisotopic (exact) mass is 410 g/mol. The van der Waals surface area contributed by atoms with Crippen LogP contribution in [0.4, 0.5) is 0 Å². The second-order valence-corrected chi connectivity index (χ2v) is 15.3. The van der Waals surface area contributed by atoms with Crippen LogP contribution < -0.4 is 0 Å². The van der Waals surface area contributed by atoms with E-state index in [9.17, 15) is 0 Å². The molecule has 0 fully saturated rings. The van der Waals surface area contributed by atoms with Crippen molar-refractivity contribution in [1.29, 1.82) is 0 Å². The van der Waals surface area contributed by atoms with Gasteiger partial charge in [0.05, 0.1) is 0 Å². The lowest BCUT2D eigenvalue weighted by Crippen LogP contribution is -2.14. The first-order valence-corrected chi connectivity index (χ1v) is 15.2. The zero-order chi connectivity index (χ0) is 16.5. The third-order valence-corrected chi connectivity index (χ3v) is 7.08. The molecule has 0 atom stereocenters. The minimum Gasteiger partial charge on any atom is -0.168 e. The number of unbranched alkanes of at least 4 members (excludes halogenated alkanes) is 14. The van der Waals surface area contributed by atoms with Crippen LogP contribution in [0.1, 0.15) is 96.3 Å². The summed E-state index contributed by atoms with van der Waals surface area (Å²) in [5, 5.41) is 1.18. The van der Waals surface area contributed by atoms with Crippen molar-refractivity contribution in [2.75, 3.05) is 5.33 Å². The first kappa shape index (κ1) is 23.0. The van der Waals surface area contributed by atoms with E-state index in [2.05, 4.69) is 29.0 Å². The fourth-order valence-corrected chi connectivity index (χ4v) is 4.83. The third kappa shape index (κ3) is 21.0. The van der Waals surface area contributed by atoms with E-state index in [1.54, 1.807) is 0 Å². The topological polar surface area (TPSA) is 0 Å². The van der Waals surface area contributed by atoms with Crippen molar-refractivity contribution in [3.63, 3.8) is 0 Å². The van der Waals surface area contributed by atoms with E-state index >= 15 is 0 Å². The fraction of sp³-hybridized carbons (Fsp3) is 1.00. The summed E-state index contributed by atoms with van der Waals surface area (Å²) >= 11 is 9.83. The average molecular weight is 412 g/mol. The van der Waals surface area contributed by atoms with E-state index in [1.165, 1.54) is 108 Å². The number of hydrogen-bond acceptors (Lipinski definition) is 0. The molecule has 0 aromatic heterocycles. The molecule has 134 valence electrons. The highest BCUT2D eigenvalue weighted by Gasteiger charge is 2.15. The van der Waals surface area contributed by atoms with Gasteiger partial charge in [-0.05, 0) is 12.5 Å². The molecule has 0 aromatic carbocycles. The van der Waals surface area contributed by atoms with Crippen molar-refractivity contribution in [2.24, 2.45) is 0 Å². The van der Waals surface area contributed by atoms with Gasteiger partial charge in [0.25, 0.3) is 0 Å². The molecule has 0 nitrogen and oxygen atoms in total. The summed E-state index contributed by atoms with van der Waals surface area (Å²) in [6.45, 7) is 4.52. The molecule has 0 spiro atoms. The Kier molecular flexibility index (Phi) is 17.6. The van der Waals surface area contributed by atoms with Crippen LogP contribution >= 0.6 is 27.0 Å². The highest BCUT2D eigenvalue weighted by Crippen LogP contribution is 2.19. The molecule has 3 heteroatoms. The van der Waals surface area contributed by atoms with E-state index in [0.29, 0.717) is 0 Å². The second-order valence-electron chi connectivity index (χ2n) is 7.46. The summed E-state index contributed by atoms with van der Waals surface area (Å²) in [6.07, 6.45) is 21.5. The van der Waals surface area contributed by atoms with E-state index in [4.69, 9.17) is 11.1 Å². The Morgan fingerprint density at radius 2 is 0.818 bits per heavy atom. The number of rotatable bonds is 17. The van der Waals surface area contributed by atoms with Crippen LogP contribution in [0.5, 0.6) is 0 Å². The van der Waals surface area contributed by atoms with Crippen molar-refractivity contribution in [2.45, 2.75) is 115 Å². The number of alkyl halides is 1. The summed E-state index contributed by atoms with van der Waals surface area (Å²) in [6, 6.07) is 1.30. The summed E-state index contributed by atoms with van der Waals surface area (Å²) in [4.78, 5) is 0. The van der Waals surface area contributed by atoms with Crippen molar-refractivity contribution in [3.8, 4) is 0 Å². The van der Waals surface area contributed by atoms with E-state index < -0.39 is 7.38 Å². The lowest BCUT2D eigenvalue weighted by molar-refractivity contribution is 0.535.